The smallest absolute Gasteiger partial charge is 0.0791 e. The molecule has 1 fully saturated rings. The van der Waals surface area contributed by atoms with Crippen LogP contribution in [0.4, 0.5) is 0 Å². The number of rotatable bonds is 9. The molecule has 2 N–H and O–H groups in total. The van der Waals surface area contributed by atoms with Crippen molar-refractivity contribution in [2.75, 3.05) is 45.8 Å². The van der Waals surface area contributed by atoms with E-state index in [1.807, 2.05) is 0 Å². The van der Waals surface area contributed by atoms with Crippen LogP contribution >= 0.6 is 0 Å². The summed E-state index contributed by atoms with van der Waals surface area (Å²) >= 11 is 0. The predicted molar refractivity (Wildman–Crippen MR) is 76.9 cm³/mol. The molecular formula is C14H31N3O. The van der Waals surface area contributed by atoms with Crippen LogP contribution in [0.15, 0.2) is 0 Å². The van der Waals surface area contributed by atoms with E-state index in [0.29, 0.717) is 6.04 Å². The molecule has 0 amide bonds. The van der Waals surface area contributed by atoms with Crippen LogP contribution in [0.25, 0.3) is 0 Å². The second kappa shape index (κ2) is 8.86. The first-order valence-corrected chi connectivity index (χ1v) is 7.56. The Morgan fingerprint density at radius 3 is 2.67 bits per heavy atom. The van der Waals surface area contributed by atoms with Crippen molar-refractivity contribution in [3.8, 4) is 0 Å². The summed E-state index contributed by atoms with van der Waals surface area (Å²) in [6.07, 6.45) is 2.14. The Morgan fingerprint density at radius 2 is 2.06 bits per heavy atom. The van der Waals surface area contributed by atoms with Gasteiger partial charge in [-0.3, -0.25) is 9.80 Å². The monoisotopic (exact) mass is 257 g/mol. The van der Waals surface area contributed by atoms with E-state index in [1.165, 1.54) is 6.42 Å². The van der Waals surface area contributed by atoms with Gasteiger partial charge in [-0.15, -0.1) is 0 Å². The molecule has 1 heterocycles. The summed E-state index contributed by atoms with van der Waals surface area (Å²) in [6.45, 7) is 13.7. The number of likely N-dealkylation sites (N-methyl/N-ethyl adjacent to an activating group) is 1. The molecule has 4 nitrogen and oxygen atoms in total. The van der Waals surface area contributed by atoms with Gasteiger partial charge in [0.25, 0.3) is 0 Å². The number of nitrogens with one attached hydrogen (secondary N) is 1. The summed E-state index contributed by atoms with van der Waals surface area (Å²) in [6, 6.07) is 0.691. The van der Waals surface area contributed by atoms with Gasteiger partial charge in [-0.25, -0.2) is 0 Å². The Bertz CT molecular complexity index is 209. The van der Waals surface area contributed by atoms with Crippen molar-refractivity contribution in [2.24, 2.45) is 0 Å². The molecule has 1 rings (SSSR count). The van der Waals surface area contributed by atoms with Crippen molar-refractivity contribution in [1.82, 2.24) is 15.1 Å². The SMILES string of the molecule is CCCNCC(O)CN1CCC(N(CC)CC)C1. The molecule has 2 unspecified atom stereocenters. The van der Waals surface area contributed by atoms with Crippen LogP contribution in [0.3, 0.4) is 0 Å². The first-order valence-electron chi connectivity index (χ1n) is 7.56. The van der Waals surface area contributed by atoms with Gasteiger partial charge in [-0.2, -0.15) is 0 Å². The minimum Gasteiger partial charge on any atom is -0.390 e. The highest BCUT2D eigenvalue weighted by Gasteiger charge is 2.26. The van der Waals surface area contributed by atoms with Gasteiger partial charge in [0.05, 0.1) is 6.10 Å². The highest BCUT2D eigenvalue weighted by molar-refractivity contribution is 4.84. The summed E-state index contributed by atoms with van der Waals surface area (Å²) < 4.78 is 0. The number of nitrogens with zero attached hydrogens (tertiary/aromatic N) is 2. The Kier molecular flexibility index (Phi) is 7.82. The molecule has 0 bridgehead atoms. The highest BCUT2D eigenvalue weighted by Crippen LogP contribution is 2.15. The fraction of sp³-hybridized carbons (Fsp3) is 1.00. The third-order valence-electron chi connectivity index (χ3n) is 3.85. The standard InChI is InChI=1S/C14H31N3O/c1-4-8-15-10-14(18)12-16-9-7-13(11-16)17(5-2)6-3/h13-15,18H,4-12H2,1-3H3. The van der Waals surface area contributed by atoms with Crippen molar-refractivity contribution in [3.63, 3.8) is 0 Å². The second-order valence-corrected chi connectivity index (χ2v) is 5.28. The molecule has 0 aromatic carbocycles. The van der Waals surface area contributed by atoms with Gasteiger partial charge in [-0.05, 0) is 39.0 Å². The topological polar surface area (TPSA) is 38.7 Å². The van der Waals surface area contributed by atoms with Crippen molar-refractivity contribution in [2.45, 2.75) is 45.8 Å². The molecule has 1 saturated heterocycles. The summed E-state index contributed by atoms with van der Waals surface area (Å²) in [4.78, 5) is 4.93. The van der Waals surface area contributed by atoms with E-state index in [4.69, 9.17) is 0 Å². The summed E-state index contributed by atoms with van der Waals surface area (Å²) in [5, 5.41) is 13.2. The van der Waals surface area contributed by atoms with Crippen LogP contribution in [-0.4, -0.2) is 72.9 Å². The first-order chi connectivity index (χ1) is 8.71. The van der Waals surface area contributed by atoms with E-state index >= 15 is 0 Å². The normalized spacial score (nSPS) is 22.8. The number of likely N-dealkylation sites (tertiary alicyclic amines) is 1. The van der Waals surface area contributed by atoms with Crippen LogP contribution in [0.5, 0.6) is 0 Å². The minimum absolute atomic E-state index is 0.230. The van der Waals surface area contributed by atoms with Crippen LogP contribution in [-0.2, 0) is 0 Å². The Morgan fingerprint density at radius 1 is 1.33 bits per heavy atom. The van der Waals surface area contributed by atoms with Crippen molar-refractivity contribution < 1.29 is 5.11 Å². The molecule has 0 aromatic heterocycles. The first kappa shape index (κ1) is 15.9. The van der Waals surface area contributed by atoms with E-state index < -0.39 is 0 Å². The minimum atomic E-state index is -0.230. The third-order valence-corrected chi connectivity index (χ3v) is 3.85. The van der Waals surface area contributed by atoms with E-state index in [1.54, 1.807) is 0 Å². The summed E-state index contributed by atoms with van der Waals surface area (Å²) in [7, 11) is 0. The van der Waals surface area contributed by atoms with Crippen LogP contribution in [0.1, 0.15) is 33.6 Å². The van der Waals surface area contributed by atoms with E-state index in [0.717, 1.165) is 52.2 Å². The molecule has 18 heavy (non-hydrogen) atoms. The molecular weight excluding hydrogens is 226 g/mol. The number of aliphatic hydroxyl groups is 1. The van der Waals surface area contributed by atoms with Gasteiger partial charge < -0.3 is 10.4 Å². The zero-order valence-electron chi connectivity index (χ0n) is 12.4. The number of hydrogen-bond acceptors (Lipinski definition) is 4. The molecule has 1 aliphatic rings. The Balaban J connectivity index is 2.21. The van der Waals surface area contributed by atoms with Crippen molar-refractivity contribution in [3.05, 3.63) is 0 Å². The van der Waals surface area contributed by atoms with Crippen LogP contribution in [0.2, 0.25) is 0 Å². The highest BCUT2D eigenvalue weighted by atomic mass is 16.3. The van der Waals surface area contributed by atoms with Gasteiger partial charge in [0.1, 0.15) is 0 Å². The molecule has 0 aromatic rings. The third kappa shape index (κ3) is 5.22. The lowest BCUT2D eigenvalue weighted by molar-refractivity contribution is 0.117. The zero-order valence-corrected chi connectivity index (χ0v) is 12.4. The molecule has 0 spiro atoms. The van der Waals surface area contributed by atoms with Gasteiger partial charge in [0.2, 0.25) is 0 Å². The zero-order chi connectivity index (χ0) is 13.4. The molecule has 4 heteroatoms. The van der Waals surface area contributed by atoms with Gasteiger partial charge >= 0.3 is 0 Å². The molecule has 1 aliphatic heterocycles. The molecule has 0 radical (unpaired) electrons. The lowest BCUT2D eigenvalue weighted by Gasteiger charge is -2.26. The summed E-state index contributed by atoms with van der Waals surface area (Å²) in [5.74, 6) is 0. The lowest BCUT2D eigenvalue weighted by atomic mass is 10.2. The van der Waals surface area contributed by atoms with E-state index in [2.05, 4.69) is 35.9 Å². The molecule has 0 aliphatic carbocycles. The molecule has 0 saturated carbocycles. The van der Waals surface area contributed by atoms with Crippen LogP contribution < -0.4 is 5.32 Å². The Labute approximate surface area is 112 Å². The lowest BCUT2D eigenvalue weighted by Crippen LogP contribution is -2.40. The number of β-amino-alcohol motifs (C(OH)–C–C–N with tert-alkyl or cyclic N) is 1. The largest absolute Gasteiger partial charge is 0.390 e. The maximum absolute atomic E-state index is 9.96. The fourth-order valence-corrected chi connectivity index (χ4v) is 2.82. The molecule has 108 valence electrons. The van der Waals surface area contributed by atoms with Crippen LogP contribution in [0, 0.1) is 0 Å². The molecule has 2 atom stereocenters. The number of hydrogen-bond donors (Lipinski definition) is 2. The maximum atomic E-state index is 9.96. The van der Waals surface area contributed by atoms with Gasteiger partial charge in [0, 0.05) is 25.7 Å². The second-order valence-electron chi connectivity index (χ2n) is 5.28. The quantitative estimate of drug-likeness (QED) is 0.598. The predicted octanol–water partition coefficient (Wildman–Crippen LogP) is 0.763. The van der Waals surface area contributed by atoms with E-state index in [-0.39, 0.29) is 6.10 Å². The Hall–Kier alpha value is -0.160. The average molecular weight is 257 g/mol. The van der Waals surface area contributed by atoms with Gasteiger partial charge in [-0.1, -0.05) is 20.8 Å². The van der Waals surface area contributed by atoms with Crippen molar-refractivity contribution >= 4 is 0 Å². The summed E-state index contributed by atoms with van der Waals surface area (Å²) in [5.41, 5.74) is 0. The van der Waals surface area contributed by atoms with Gasteiger partial charge in [0.15, 0.2) is 0 Å². The number of aliphatic hydroxyl groups excluding tert-OH is 1. The van der Waals surface area contributed by atoms with E-state index in [9.17, 15) is 5.11 Å². The average Bonchev–Trinajstić information content (AvgIpc) is 2.79. The fourth-order valence-electron chi connectivity index (χ4n) is 2.82. The van der Waals surface area contributed by atoms with Crippen molar-refractivity contribution in [1.29, 1.82) is 0 Å². The maximum Gasteiger partial charge on any atom is 0.0791 e.